The molecule has 0 heterocycles. The van der Waals surface area contributed by atoms with Gasteiger partial charge in [0.15, 0.2) is 0 Å². The second kappa shape index (κ2) is 4.87. The van der Waals surface area contributed by atoms with Crippen LogP contribution in [0.4, 0.5) is 0 Å². The molecule has 1 aromatic carbocycles. The second-order valence-electron chi connectivity index (χ2n) is 4.18. The van der Waals surface area contributed by atoms with Crippen molar-refractivity contribution < 1.29 is 9.59 Å². The monoisotopic (exact) mass is 242 g/mol. The Morgan fingerprint density at radius 3 is 2.17 bits per heavy atom. The quantitative estimate of drug-likeness (QED) is 0.828. The van der Waals surface area contributed by atoms with E-state index >= 15 is 0 Å². The van der Waals surface area contributed by atoms with Crippen molar-refractivity contribution in [1.29, 1.82) is 0 Å². The summed E-state index contributed by atoms with van der Waals surface area (Å²) in [6, 6.07) is 9.74. The molecule has 2 rings (SSSR count). The van der Waals surface area contributed by atoms with Crippen molar-refractivity contribution in [3.05, 3.63) is 59.2 Å². The Hall–Kier alpha value is -2.36. The Morgan fingerprint density at radius 1 is 1.00 bits per heavy atom. The Balaban J connectivity index is 2.36. The first-order valence-electron chi connectivity index (χ1n) is 5.66. The van der Waals surface area contributed by atoms with Gasteiger partial charge in [-0.3, -0.25) is 9.59 Å². The van der Waals surface area contributed by atoms with E-state index < -0.39 is 11.8 Å². The van der Waals surface area contributed by atoms with E-state index in [0.717, 1.165) is 5.56 Å². The van der Waals surface area contributed by atoms with E-state index in [2.05, 4.69) is 0 Å². The summed E-state index contributed by atoms with van der Waals surface area (Å²) in [6.45, 7) is 0. The number of rotatable bonds is 3. The predicted molar refractivity (Wildman–Crippen MR) is 68.4 cm³/mol. The van der Waals surface area contributed by atoms with Crippen molar-refractivity contribution in [1.82, 2.24) is 0 Å². The summed E-state index contributed by atoms with van der Waals surface area (Å²) in [7, 11) is 0. The van der Waals surface area contributed by atoms with Gasteiger partial charge in [0.25, 0.3) is 0 Å². The Bertz CT molecular complexity index is 544. The SMILES string of the molecule is NC(=O)C1=CCC(c2ccccc2)C=C1C(N)=O. The summed E-state index contributed by atoms with van der Waals surface area (Å²) in [5, 5.41) is 0. The van der Waals surface area contributed by atoms with E-state index in [-0.39, 0.29) is 17.1 Å². The van der Waals surface area contributed by atoms with Crippen LogP contribution in [-0.4, -0.2) is 11.8 Å². The first kappa shape index (κ1) is 12.1. The fourth-order valence-corrected chi connectivity index (χ4v) is 2.09. The number of carbonyl (C=O) groups is 2. The number of amides is 2. The summed E-state index contributed by atoms with van der Waals surface area (Å²) in [6.07, 6.45) is 4.04. The lowest BCUT2D eigenvalue weighted by molar-refractivity contribution is -0.117. The topological polar surface area (TPSA) is 86.2 Å². The minimum Gasteiger partial charge on any atom is -0.366 e. The molecule has 0 fully saturated rings. The molecule has 92 valence electrons. The minimum atomic E-state index is -0.624. The van der Waals surface area contributed by atoms with Gasteiger partial charge < -0.3 is 11.5 Å². The first-order valence-corrected chi connectivity index (χ1v) is 5.66. The molecule has 1 aliphatic rings. The van der Waals surface area contributed by atoms with Crippen molar-refractivity contribution in [2.45, 2.75) is 12.3 Å². The van der Waals surface area contributed by atoms with E-state index in [0.29, 0.717) is 6.42 Å². The smallest absolute Gasteiger partial charge is 0.249 e. The van der Waals surface area contributed by atoms with Gasteiger partial charge in [-0.15, -0.1) is 0 Å². The van der Waals surface area contributed by atoms with E-state index in [1.165, 1.54) is 0 Å². The van der Waals surface area contributed by atoms with E-state index in [1.54, 1.807) is 12.2 Å². The highest BCUT2D eigenvalue weighted by molar-refractivity contribution is 6.10. The van der Waals surface area contributed by atoms with Crippen LogP contribution in [0.2, 0.25) is 0 Å². The molecule has 4 heteroatoms. The third-order valence-electron chi connectivity index (χ3n) is 2.99. The molecule has 0 spiro atoms. The summed E-state index contributed by atoms with van der Waals surface area (Å²) < 4.78 is 0. The Labute approximate surface area is 105 Å². The highest BCUT2D eigenvalue weighted by Crippen LogP contribution is 2.30. The van der Waals surface area contributed by atoms with Crippen molar-refractivity contribution >= 4 is 11.8 Å². The number of benzene rings is 1. The van der Waals surface area contributed by atoms with E-state index in [1.807, 2.05) is 30.3 Å². The lowest BCUT2D eigenvalue weighted by Crippen LogP contribution is -2.26. The normalized spacial score (nSPS) is 18.8. The van der Waals surface area contributed by atoms with E-state index in [9.17, 15) is 9.59 Å². The van der Waals surface area contributed by atoms with Crippen LogP contribution in [-0.2, 0) is 9.59 Å². The number of hydrogen-bond acceptors (Lipinski definition) is 2. The summed E-state index contributed by atoms with van der Waals surface area (Å²) in [5.41, 5.74) is 12.0. The molecular formula is C14H14N2O2. The fourth-order valence-electron chi connectivity index (χ4n) is 2.09. The average Bonchev–Trinajstić information content (AvgIpc) is 2.39. The van der Waals surface area contributed by atoms with Crippen LogP contribution in [0.15, 0.2) is 53.6 Å². The van der Waals surface area contributed by atoms with Gasteiger partial charge in [-0.1, -0.05) is 42.5 Å². The number of nitrogens with two attached hydrogens (primary N) is 2. The first-order chi connectivity index (χ1) is 8.59. The molecule has 18 heavy (non-hydrogen) atoms. The molecule has 1 atom stereocenters. The van der Waals surface area contributed by atoms with Crippen LogP contribution in [0.5, 0.6) is 0 Å². The van der Waals surface area contributed by atoms with Crippen molar-refractivity contribution in [2.75, 3.05) is 0 Å². The zero-order chi connectivity index (χ0) is 13.1. The third-order valence-corrected chi connectivity index (χ3v) is 2.99. The molecule has 1 aliphatic carbocycles. The highest BCUT2D eigenvalue weighted by atomic mass is 16.2. The molecule has 2 amide bonds. The van der Waals surface area contributed by atoms with Crippen molar-refractivity contribution in [3.63, 3.8) is 0 Å². The van der Waals surface area contributed by atoms with Crippen molar-refractivity contribution in [2.24, 2.45) is 11.5 Å². The standard InChI is InChI=1S/C14H14N2O2/c15-13(17)11-7-6-10(8-12(11)14(16)18)9-4-2-1-3-5-9/h1-5,7-8,10H,6H2,(H2,15,17)(H2,16,18). The number of allylic oxidation sites excluding steroid dienone is 2. The van der Waals surface area contributed by atoms with Gasteiger partial charge in [-0.25, -0.2) is 0 Å². The summed E-state index contributed by atoms with van der Waals surface area (Å²) in [4.78, 5) is 22.6. The van der Waals surface area contributed by atoms with Gasteiger partial charge >= 0.3 is 0 Å². The number of hydrogen-bond donors (Lipinski definition) is 2. The molecule has 1 unspecified atom stereocenters. The summed E-state index contributed by atoms with van der Waals surface area (Å²) >= 11 is 0. The maximum absolute atomic E-state index is 11.4. The third kappa shape index (κ3) is 2.32. The van der Waals surface area contributed by atoms with Gasteiger partial charge in [0.2, 0.25) is 11.8 Å². The predicted octanol–water partition coefficient (Wildman–Crippen LogP) is 0.997. The Kier molecular flexibility index (Phi) is 3.28. The van der Waals surface area contributed by atoms with Crippen LogP contribution in [0.3, 0.4) is 0 Å². The molecule has 0 aromatic heterocycles. The van der Waals surface area contributed by atoms with Gasteiger partial charge in [0, 0.05) is 17.1 Å². The van der Waals surface area contributed by atoms with Gasteiger partial charge in [0.05, 0.1) is 0 Å². The maximum atomic E-state index is 11.4. The molecule has 0 aliphatic heterocycles. The molecule has 0 radical (unpaired) electrons. The summed E-state index contributed by atoms with van der Waals surface area (Å²) in [5.74, 6) is -1.19. The highest BCUT2D eigenvalue weighted by Gasteiger charge is 2.23. The molecule has 0 bridgehead atoms. The van der Waals surface area contributed by atoms with Crippen LogP contribution < -0.4 is 11.5 Å². The molecule has 0 saturated carbocycles. The lowest BCUT2D eigenvalue weighted by Gasteiger charge is -2.19. The van der Waals surface area contributed by atoms with Crippen LogP contribution in [0, 0.1) is 0 Å². The Morgan fingerprint density at radius 2 is 1.61 bits per heavy atom. The largest absolute Gasteiger partial charge is 0.366 e. The minimum absolute atomic E-state index is 0.0526. The average molecular weight is 242 g/mol. The second-order valence-corrected chi connectivity index (χ2v) is 4.18. The fraction of sp³-hybridized carbons (Fsp3) is 0.143. The van der Waals surface area contributed by atoms with Gasteiger partial charge in [-0.05, 0) is 12.0 Å². The maximum Gasteiger partial charge on any atom is 0.249 e. The molecule has 4 nitrogen and oxygen atoms in total. The molecule has 4 N–H and O–H groups in total. The van der Waals surface area contributed by atoms with Crippen LogP contribution in [0.25, 0.3) is 0 Å². The van der Waals surface area contributed by atoms with Crippen molar-refractivity contribution in [3.8, 4) is 0 Å². The number of primary amides is 2. The molecule has 0 saturated heterocycles. The zero-order valence-corrected chi connectivity index (χ0v) is 9.80. The lowest BCUT2D eigenvalue weighted by atomic mass is 9.85. The zero-order valence-electron chi connectivity index (χ0n) is 9.80. The van der Waals surface area contributed by atoms with E-state index in [4.69, 9.17) is 11.5 Å². The molecular weight excluding hydrogens is 228 g/mol. The van der Waals surface area contributed by atoms with Crippen LogP contribution in [0.1, 0.15) is 17.9 Å². The van der Waals surface area contributed by atoms with Gasteiger partial charge in [0.1, 0.15) is 0 Å². The molecule has 1 aromatic rings. The van der Waals surface area contributed by atoms with Crippen LogP contribution >= 0.6 is 0 Å². The number of carbonyl (C=O) groups excluding carboxylic acids is 2. The van der Waals surface area contributed by atoms with Gasteiger partial charge in [-0.2, -0.15) is 0 Å².